The smallest absolute Gasteiger partial charge is 0.252 e. The van der Waals surface area contributed by atoms with Crippen molar-refractivity contribution in [2.45, 2.75) is 39.5 Å². The first kappa shape index (κ1) is 15.2. The minimum Gasteiger partial charge on any atom is -0.352 e. The maximum absolute atomic E-state index is 11.9. The summed E-state index contributed by atoms with van der Waals surface area (Å²) in [6.45, 7) is 5.12. The van der Waals surface area contributed by atoms with Crippen LogP contribution in [0.25, 0.3) is 0 Å². The monoisotopic (exact) mass is 312 g/mol. The molecule has 0 aromatic carbocycles. The maximum Gasteiger partial charge on any atom is 0.252 e. The zero-order valence-corrected chi connectivity index (χ0v) is 12.7. The number of rotatable bonds is 7. The van der Waals surface area contributed by atoms with E-state index >= 15 is 0 Å². The van der Waals surface area contributed by atoms with Crippen LogP contribution in [0.1, 0.15) is 49.9 Å². The first-order valence-corrected chi connectivity index (χ1v) is 7.36. The van der Waals surface area contributed by atoms with Crippen LogP contribution in [-0.4, -0.2) is 17.4 Å². The van der Waals surface area contributed by atoms with E-state index in [1.165, 1.54) is 19.3 Å². The van der Waals surface area contributed by atoms with Gasteiger partial charge in [-0.3, -0.25) is 4.79 Å². The van der Waals surface area contributed by atoms with Crippen molar-refractivity contribution in [2.24, 2.45) is 5.92 Å². The van der Waals surface area contributed by atoms with E-state index in [9.17, 15) is 4.79 Å². The molecule has 0 aliphatic heterocycles. The predicted molar refractivity (Wildman–Crippen MR) is 77.6 cm³/mol. The van der Waals surface area contributed by atoms with E-state index in [1.54, 1.807) is 18.3 Å². The minimum atomic E-state index is -0.0371. The lowest BCUT2D eigenvalue weighted by Gasteiger charge is -2.15. The first-order valence-electron chi connectivity index (χ1n) is 6.57. The van der Waals surface area contributed by atoms with E-state index in [4.69, 9.17) is 0 Å². The summed E-state index contributed by atoms with van der Waals surface area (Å²) in [5.74, 6) is 0.544. The van der Waals surface area contributed by atoms with Gasteiger partial charge in [-0.2, -0.15) is 0 Å². The molecule has 0 bridgehead atoms. The molecule has 0 radical (unpaired) electrons. The number of unbranched alkanes of at least 4 members (excludes halogenated alkanes) is 1. The molecule has 1 rings (SSSR count). The van der Waals surface area contributed by atoms with E-state index in [0.29, 0.717) is 11.5 Å². The topological polar surface area (TPSA) is 42.0 Å². The van der Waals surface area contributed by atoms with Gasteiger partial charge >= 0.3 is 0 Å². The van der Waals surface area contributed by atoms with Crippen LogP contribution in [0.5, 0.6) is 0 Å². The third-order valence-corrected chi connectivity index (χ3v) is 3.55. The number of hydrogen-bond acceptors (Lipinski definition) is 2. The fourth-order valence-electron chi connectivity index (χ4n) is 1.79. The van der Waals surface area contributed by atoms with Crippen molar-refractivity contribution in [1.82, 2.24) is 10.3 Å². The van der Waals surface area contributed by atoms with E-state index < -0.39 is 0 Å². The van der Waals surface area contributed by atoms with Gasteiger partial charge in [0.1, 0.15) is 4.60 Å². The highest BCUT2D eigenvalue weighted by atomic mass is 79.9. The molecule has 100 valence electrons. The average molecular weight is 313 g/mol. The zero-order chi connectivity index (χ0) is 13.4. The average Bonchev–Trinajstić information content (AvgIpc) is 2.39. The molecule has 0 aliphatic carbocycles. The van der Waals surface area contributed by atoms with Gasteiger partial charge in [-0.15, -0.1) is 0 Å². The van der Waals surface area contributed by atoms with E-state index in [2.05, 4.69) is 40.1 Å². The summed E-state index contributed by atoms with van der Waals surface area (Å²) < 4.78 is 0.744. The summed E-state index contributed by atoms with van der Waals surface area (Å²) >= 11 is 3.25. The van der Waals surface area contributed by atoms with E-state index in [-0.39, 0.29) is 5.91 Å². The molecule has 1 aromatic rings. The van der Waals surface area contributed by atoms with Crippen LogP contribution in [0.2, 0.25) is 0 Å². The lowest BCUT2D eigenvalue weighted by atomic mass is 9.99. The minimum absolute atomic E-state index is 0.0371. The van der Waals surface area contributed by atoms with Crippen molar-refractivity contribution in [3.8, 4) is 0 Å². The molecule has 1 amide bonds. The number of carbonyl (C=O) groups excluding carboxylic acids is 1. The number of hydrogen-bond donors (Lipinski definition) is 1. The molecule has 0 saturated carbocycles. The van der Waals surface area contributed by atoms with Gasteiger partial charge in [-0.1, -0.05) is 33.1 Å². The molecule has 0 saturated heterocycles. The molecular formula is C14H21BrN2O. The normalized spacial score (nSPS) is 12.2. The second-order valence-electron chi connectivity index (χ2n) is 4.50. The Labute approximate surface area is 118 Å². The van der Waals surface area contributed by atoms with Crippen molar-refractivity contribution in [2.75, 3.05) is 6.54 Å². The van der Waals surface area contributed by atoms with Crippen LogP contribution < -0.4 is 5.32 Å². The second kappa shape index (κ2) is 8.25. The predicted octanol–water partition coefficient (Wildman–Crippen LogP) is 3.79. The van der Waals surface area contributed by atoms with Gasteiger partial charge in [0.25, 0.3) is 5.91 Å². The highest BCUT2D eigenvalue weighted by molar-refractivity contribution is 9.10. The number of aromatic nitrogens is 1. The third-order valence-electron chi connectivity index (χ3n) is 3.08. The van der Waals surface area contributed by atoms with Gasteiger partial charge in [-0.25, -0.2) is 4.98 Å². The summed E-state index contributed by atoms with van der Waals surface area (Å²) in [6.07, 6.45) is 6.33. The molecule has 1 N–H and O–H groups in total. The lowest BCUT2D eigenvalue weighted by molar-refractivity contribution is 0.0945. The highest BCUT2D eigenvalue weighted by Gasteiger charge is 2.10. The van der Waals surface area contributed by atoms with Crippen molar-refractivity contribution in [1.29, 1.82) is 0 Å². The number of nitrogens with one attached hydrogen (secondary N) is 1. The first-order chi connectivity index (χ1) is 8.67. The Morgan fingerprint density at radius 2 is 2.22 bits per heavy atom. The number of carbonyl (C=O) groups is 1. The summed E-state index contributed by atoms with van der Waals surface area (Å²) in [6, 6.07) is 3.56. The number of nitrogens with zero attached hydrogens (tertiary/aromatic N) is 1. The Morgan fingerprint density at radius 1 is 1.44 bits per heavy atom. The summed E-state index contributed by atoms with van der Waals surface area (Å²) in [5.41, 5.74) is 0.614. The van der Waals surface area contributed by atoms with E-state index in [1.807, 2.05) is 0 Å². The summed E-state index contributed by atoms with van der Waals surface area (Å²) in [7, 11) is 0. The van der Waals surface area contributed by atoms with Crippen molar-refractivity contribution in [3.63, 3.8) is 0 Å². The molecule has 1 heterocycles. The van der Waals surface area contributed by atoms with Crippen molar-refractivity contribution < 1.29 is 4.79 Å². The molecule has 3 nitrogen and oxygen atoms in total. The van der Waals surface area contributed by atoms with Crippen molar-refractivity contribution >= 4 is 21.8 Å². The van der Waals surface area contributed by atoms with Crippen LogP contribution >= 0.6 is 15.9 Å². The van der Waals surface area contributed by atoms with Crippen LogP contribution in [0.3, 0.4) is 0 Å². The van der Waals surface area contributed by atoms with Crippen LogP contribution in [-0.2, 0) is 0 Å². The molecule has 1 aromatic heterocycles. The van der Waals surface area contributed by atoms with E-state index in [0.717, 1.165) is 17.6 Å². The van der Waals surface area contributed by atoms with Gasteiger partial charge < -0.3 is 5.32 Å². The number of amides is 1. The van der Waals surface area contributed by atoms with Crippen LogP contribution in [0.15, 0.2) is 22.9 Å². The third kappa shape index (κ3) is 5.17. The summed E-state index contributed by atoms with van der Waals surface area (Å²) in [4.78, 5) is 15.9. The van der Waals surface area contributed by atoms with Crippen LogP contribution in [0, 0.1) is 5.92 Å². The Balaban J connectivity index is 2.42. The SMILES string of the molecule is CCCCC(CC)CNC(=O)c1ccc(Br)nc1. The Bertz CT molecular complexity index is 365. The molecule has 0 aliphatic rings. The van der Waals surface area contributed by atoms with Gasteiger partial charge in [0.05, 0.1) is 5.56 Å². The molecule has 0 spiro atoms. The maximum atomic E-state index is 11.9. The molecule has 1 atom stereocenters. The quantitative estimate of drug-likeness (QED) is 0.778. The largest absolute Gasteiger partial charge is 0.352 e. The molecule has 18 heavy (non-hydrogen) atoms. The Hall–Kier alpha value is -0.900. The molecule has 1 unspecified atom stereocenters. The zero-order valence-electron chi connectivity index (χ0n) is 11.1. The summed E-state index contributed by atoms with van der Waals surface area (Å²) in [5, 5.41) is 2.98. The second-order valence-corrected chi connectivity index (χ2v) is 5.31. The van der Waals surface area contributed by atoms with Gasteiger partial charge in [0.15, 0.2) is 0 Å². The van der Waals surface area contributed by atoms with Gasteiger partial charge in [-0.05, 0) is 40.4 Å². The standard InChI is InChI=1S/C14H21BrN2O/c1-3-5-6-11(4-2)9-17-14(18)12-7-8-13(15)16-10-12/h7-8,10-11H,3-6,9H2,1-2H3,(H,17,18). The Kier molecular flexibility index (Phi) is 6.94. The van der Waals surface area contributed by atoms with Crippen LogP contribution in [0.4, 0.5) is 0 Å². The Morgan fingerprint density at radius 3 is 2.78 bits per heavy atom. The van der Waals surface area contributed by atoms with Gasteiger partial charge in [0, 0.05) is 12.7 Å². The van der Waals surface area contributed by atoms with Gasteiger partial charge in [0.2, 0.25) is 0 Å². The molecule has 0 fully saturated rings. The highest BCUT2D eigenvalue weighted by Crippen LogP contribution is 2.12. The fraction of sp³-hybridized carbons (Fsp3) is 0.571. The molecular weight excluding hydrogens is 292 g/mol. The number of halogens is 1. The molecule has 4 heteroatoms. The number of pyridine rings is 1. The lowest BCUT2D eigenvalue weighted by Crippen LogP contribution is -2.29. The van der Waals surface area contributed by atoms with Crippen molar-refractivity contribution in [3.05, 3.63) is 28.5 Å². The fourth-order valence-corrected chi connectivity index (χ4v) is 2.03.